The number of para-hydroxylation sites is 1. The number of carbonyl (C=O) groups excluding carboxylic acids is 1. The molecule has 1 saturated heterocycles. The Kier molecular flexibility index (Phi) is 4.17. The minimum Gasteiger partial charge on any atom is -0.480 e. The number of nitrogens with zero attached hydrogens (tertiary/aromatic N) is 1. The van der Waals surface area contributed by atoms with Crippen LogP contribution in [0.25, 0.3) is 0 Å². The zero-order valence-electron chi connectivity index (χ0n) is 11.6. The number of hydrogen-bond acceptors (Lipinski definition) is 4. The first kappa shape index (κ1) is 14.4. The van der Waals surface area contributed by atoms with Crippen LogP contribution in [0.15, 0.2) is 24.3 Å². The Bertz CT molecular complexity index is 558. The fraction of sp³-hybridized carbons (Fsp3) is 0.467. The average Bonchev–Trinajstić information content (AvgIpc) is 2.88. The molecule has 0 aromatic heterocycles. The van der Waals surface area contributed by atoms with Crippen molar-refractivity contribution in [2.24, 2.45) is 0 Å². The van der Waals surface area contributed by atoms with E-state index in [1.165, 1.54) is 4.90 Å². The summed E-state index contributed by atoms with van der Waals surface area (Å²) < 4.78 is 0. The topological polar surface area (TPSA) is 69.6 Å². The number of amides is 1. The molecule has 0 bridgehead atoms. The highest BCUT2D eigenvalue weighted by Gasteiger charge is 2.38. The van der Waals surface area contributed by atoms with Gasteiger partial charge in [0.1, 0.15) is 6.04 Å². The van der Waals surface area contributed by atoms with Crippen molar-refractivity contribution in [3.63, 3.8) is 0 Å². The van der Waals surface area contributed by atoms with E-state index in [4.69, 9.17) is 0 Å². The van der Waals surface area contributed by atoms with Crippen LogP contribution in [0.3, 0.4) is 0 Å². The molecule has 3 rings (SSSR count). The van der Waals surface area contributed by atoms with Gasteiger partial charge in [0.05, 0.1) is 0 Å². The molecule has 1 amide bonds. The number of thioether (sulfide) groups is 1. The molecule has 0 spiro atoms. The van der Waals surface area contributed by atoms with Gasteiger partial charge in [0.15, 0.2) is 0 Å². The Balaban J connectivity index is 1.80. The average molecular weight is 306 g/mol. The van der Waals surface area contributed by atoms with Gasteiger partial charge in [0, 0.05) is 42.6 Å². The van der Waals surface area contributed by atoms with Crippen molar-refractivity contribution >= 4 is 29.3 Å². The molecule has 2 aliphatic heterocycles. The lowest BCUT2D eigenvalue weighted by Crippen LogP contribution is -2.47. The van der Waals surface area contributed by atoms with Crippen molar-refractivity contribution in [3.8, 4) is 0 Å². The quantitative estimate of drug-likeness (QED) is 0.876. The molecule has 112 valence electrons. The number of benzene rings is 1. The molecule has 6 heteroatoms. The first-order chi connectivity index (χ1) is 10.2. The SMILES string of the molecule is O=C(O)[C@@H]1Cc2ccccc2N1C(=O)CC1CSCCN1. The lowest BCUT2D eigenvalue weighted by Gasteiger charge is -2.27. The van der Waals surface area contributed by atoms with Crippen LogP contribution in [0.1, 0.15) is 12.0 Å². The van der Waals surface area contributed by atoms with E-state index < -0.39 is 12.0 Å². The Morgan fingerprint density at radius 3 is 2.90 bits per heavy atom. The Hall–Kier alpha value is -1.53. The second kappa shape index (κ2) is 6.07. The van der Waals surface area contributed by atoms with E-state index in [0.717, 1.165) is 29.3 Å². The summed E-state index contributed by atoms with van der Waals surface area (Å²) in [5.41, 5.74) is 1.68. The number of rotatable bonds is 3. The summed E-state index contributed by atoms with van der Waals surface area (Å²) in [4.78, 5) is 25.5. The molecule has 1 aromatic rings. The smallest absolute Gasteiger partial charge is 0.327 e. The first-order valence-corrected chi connectivity index (χ1v) is 8.26. The molecule has 0 aliphatic carbocycles. The van der Waals surface area contributed by atoms with Crippen LogP contribution >= 0.6 is 11.8 Å². The molecular weight excluding hydrogens is 288 g/mol. The molecule has 1 unspecified atom stereocenters. The minimum atomic E-state index is -0.939. The lowest BCUT2D eigenvalue weighted by molar-refractivity contribution is -0.139. The number of aliphatic carboxylic acids is 1. The summed E-state index contributed by atoms with van der Waals surface area (Å²) in [7, 11) is 0. The van der Waals surface area contributed by atoms with E-state index in [1.807, 2.05) is 36.0 Å². The maximum atomic E-state index is 12.6. The number of carboxylic acid groups (broad SMARTS) is 1. The highest BCUT2D eigenvalue weighted by molar-refractivity contribution is 7.99. The third kappa shape index (κ3) is 2.91. The molecule has 0 radical (unpaired) electrons. The number of anilines is 1. The van der Waals surface area contributed by atoms with Gasteiger partial charge in [0.2, 0.25) is 5.91 Å². The zero-order valence-corrected chi connectivity index (χ0v) is 12.4. The summed E-state index contributed by atoms with van der Waals surface area (Å²) in [5.74, 6) is 0.923. The van der Waals surface area contributed by atoms with Gasteiger partial charge in [-0.25, -0.2) is 4.79 Å². The van der Waals surface area contributed by atoms with Gasteiger partial charge in [-0.1, -0.05) is 18.2 Å². The van der Waals surface area contributed by atoms with Crippen molar-refractivity contribution in [2.75, 3.05) is 23.0 Å². The third-order valence-corrected chi connectivity index (χ3v) is 5.08. The summed E-state index contributed by atoms with van der Waals surface area (Å²) >= 11 is 1.83. The largest absolute Gasteiger partial charge is 0.480 e. The molecule has 5 nitrogen and oxygen atoms in total. The summed E-state index contributed by atoms with van der Waals surface area (Å²) in [6.45, 7) is 0.904. The van der Waals surface area contributed by atoms with Gasteiger partial charge in [-0.15, -0.1) is 0 Å². The van der Waals surface area contributed by atoms with Gasteiger partial charge in [-0.05, 0) is 11.6 Å². The van der Waals surface area contributed by atoms with Crippen LogP contribution in [0.2, 0.25) is 0 Å². The highest BCUT2D eigenvalue weighted by Crippen LogP contribution is 2.33. The van der Waals surface area contributed by atoms with Crippen molar-refractivity contribution in [1.29, 1.82) is 0 Å². The summed E-state index contributed by atoms with van der Waals surface area (Å²) in [5, 5.41) is 12.7. The fourth-order valence-corrected chi connectivity index (χ4v) is 3.90. The van der Waals surface area contributed by atoms with Crippen LogP contribution in [0.4, 0.5) is 5.69 Å². The monoisotopic (exact) mass is 306 g/mol. The first-order valence-electron chi connectivity index (χ1n) is 7.10. The van der Waals surface area contributed by atoms with Crippen LogP contribution in [-0.2, 0) is 16.0 Å². The normalized spacial score (nSPS) is 24.7. The van der Waals surface area contributed by atoms with Crippen LogP contribution in [0.5, 0.6) is 0 Å². The van der Waals surface area contributed by atoms with E-state index >= 15 is 0 Å². The third-order valence-electron chi connectivity index (χ3n) is 3.95. The number of hydrogen-bond donors (Lipinski definition) is 2. The second-order valence-corrected chi connectivity index (χ2v) is 6.53. The van der Waals surface area contributed by atoms with Crippen molar-refractivity contribution < 1.29 is 14.7 Å². The minimum absolute atomic E-state index is 0.104. The van der Waals surface area contributed by atoms with Gasteiger partial charge >= 0.3 is 5.97 Å². The molecular formula is C15H18N2O3S. The molecule has 2 aliphatic rings. The van der Waals surface area contributed by atoms with Crippen LogP contribution < -0.4 is 10.2 Å². The van der Waals surface area contributed by atoms with E-state index in [9.17, 15) is 14.7 Å². The van der Waals surface area contributed by atoms with Crippen LogP contribution in [-0.4, -0.2) is 47.1 Å². The van der Waals surface area contributed by atoms with Gasteiger partial charge < -0.3 is 10.4 Å². The van der Waals surface area contributed by atoms with E-state index in [1.54, 1.807) is 0 Å². The fourth-order valence-electron chi connectivity index (χ4n) is 2.95. The van der Waals surface area contributed by atoms with Crippen molar-refractivity contribution in [3.05, 3.63) is 29.8 Å². The Labute approximate surface area is 127 Å². The number of carbonyl (C=O) groups is 2. The number of carboxylic acids is 1. The maximum absolute atomic E-state index is 12.6. The molecule has 0 saturated carbocycles. The van der Waals surface area contributed by atoms with Crippen molar-refractivity contribution in [1.82, 2.24) is 5.32 Å². The van der Waals surface area contributed by atoms with E-state index in [0.29, 0.717) is 12.8 Å². The zero-order chi connectivity index (χ0) is 14.8. The number of nitrogens with one attached hydrogen (secondary N) is 1. The predicted octanol–water partition coefficient (Wildman–Crippen LogP) is 1.12. The molecule has 21 heavy (non-hydrogen) atoms. The molecule has 1 fully saturated rings. The van der Waals surface area contributed by atoms with Gasteiger partial charge in [0.25, 0.3) is 0 Å². The second-order valence-electron chi connectivity index (χ2n) is 5.38. The highest BCUT2D eigenvalue weighted by atomic mass is 32.2. The molecule has 2 atom stereocenters. The molecule has 1 aromatic carbocycles. The lowest BCUT2D eigenvalue weighted by atomic mass is 10.1. The molecule has 2 heterocycles. The summed E-state index contributed by atoms with van der Waals surface area (Å²) in [6.07, 6.45) is 0.745. The van der Waals surface area contributed by atoms with Gasteiger partial charge in [-0.2, -0.15) is 11.8 Å². The number of fused-ring (bicyclic) bond motifs is 1. The molecule has 2 N–H and O–H groups in total. The van der Waals surface area contributed by atoms with Crippen LogP contribution in [0, 0.1) is 0 Å². The van der Waals surface area contributed by atoms with E-state index in [-0.39, 0.29) is 11.9 Å². The Morgan fingerprint density at radius 1 is 1.38 bits per heavy atom. The summed E-state index contributed by atoms with van der Waals surface area (Å²) in [6, 6.07) is 6.82. The van der Waals surface area contributed by atoms with E-state index in [2.05, 4.69) is 5.32 Å². The maximum Gasteiger partial charge on any atom is 0.327 e. The Morgan fingerprint density at radius 2 is 2.19 bits per heavy atom. The van der Waals surface area contributed by atoms with Crippen molar-refractivity contribution in [2.45, 2.75) is 24.9 Å². The standard InChI is InChI=1S/C15H18N2O3S/c18-14(8-11-9-21-6-5-16-11)17-12-4-2-1-3-10(12)7-13(17)15(19)20/h1-4,11,13,16H,5-9H2,(H,19,20)/t11?,13-/m0/s1. The predicted molar refractivity (Wildman–Crippen MR) is 82.8 cm³/mol. The van der Waals surface area contributed by atoms with Gasteiger partial charge in [-0.3, -0.25) is 9.69 Å².